The number of benzene rings is 1. The second-order valence-corrected chi connectivity index (χ2v) is 11.2. The average molecular weight is 437 g/mol. The van der Waals surface area contributed by atoms with Crippen LogP contribution < -0.4 is 5.32 Å². The first kappa shape index (κ1) is 21.8. The lowest BCUT2D eigenvalue weighted by molar-refractivity contribution is -0.115. The number of anilines is 1. The number of carbonyl (C=O) groups excluding carboxylic acids is 1. The van der Waals surface area contributed by atoms with Crippen molar-refractivity contribution in [2.75, 3.05) is 16.8 Å². The second kappa shape index (κ2) is 8.87. The molecular weight excluding hydrogens is 408 g/mol. The number of amides is 1. The van der Waals surface area contributed by atoms with Crippen LogP contribution in [0, 0.1) is 0 Å². The van der Waals surface area contributed by atoms with Crippen molar-refractivity contribution in [1.29, 1.82) is 0 Å². The Morgan fingerprint density at radius 3 is 2.69 bits per heavy atom. The highest BCUT2D eigenvalue weighted by Gasteiger charge is 2.33. The second-order valence-electron chi connectivity index (χ2n) is 7.65. The van der Waals surface area contributed by atoms with Crippen molar-refractivity contribution in [1.82, 2.24) is 14.8 Å². The molecule has 3 rings (SSSR count). The molecule has 0 radical (unpaired) electrons. The van der Waals surface area contributed by atoms with Crippen molar-refractivity contribution in [3.05, 3.63) is 35.7 Å². The lowest BCUT2D eigenvalue weighted by Gasteiger charge is -2.17. The molecule has 3 unspecified atom stereocenters. The van der Waals surface area contributed by atoms with Gasteiger partial charge in [0.1, 0.15) is 5.82 Å². The number of nitrogens with one attached hydrogen (secondary N) is 1. The van der Waals surface area contributed by atoms with E-state index < -0.39 is 9.84 Å². The third-order valence-corrected chi connectivity index (χ3v) is 8.38. The standard InChI is InChI=1S/C20H28N4O3S2/c1-5-13(2)16-8-6-7-9-17(16)21-19(25)14(3)28-20-23-22-18(24(20)4)15-10-11-29(26,27)12-15/h6-9,13-15H,5,10-12H2,1-4H3,(H,21,25). The summed E-state index contributed by atoms with van der Waals surface area (Å²) in [6, 6.07) is 7.88. The van der Waals surface area contributed by atoms with Gasteiger partial charge in [-0.25, -0.2) is 8.42 Å². The summed E-state index contributed by atoms with van der Waals surface area (Å²) in [6.07, 6.45) is 1.57. The van der Waals surface area contributed by atoms with Gasteiger partial charge in [-0.15, -0.1) is 10.2 Å². The molecule has 1 amide bonds. The van der Waals surface area contributed by atoms with Crippen molar-refractivity contribution < 1.29 is 13.2 Å². The zero-order valence-electron chi connectivity index (χ0n) is 17.3. The Morgan fingerprint density at radius 2 is 2.03 bits per heavy atom. The minimum Gasteiger partial charge on any atom is -0.325 e. The van der Waals surface area contributed by atoms with Gasteiger partial charge in [0.05, 0.1) is 16.8 Å². The third-order valence-electron chi connectivity index (χ3n) is 5.48. The van der Waals surface area contributed by atoms with Crippen molar-refractivity contribution >= 4 is 33.2 Å². The molecule has 1 N–H and O–H groups in total. The quantitative estimate of drug-likeness (QED) is 0.669. The van der Waals surface area contributed by atoms with Crippen molar-refractivity contribution in [2.45, 2.75) is 55.9 Å². The van der Waals surface area contributed by atoms with E-state index in [-0.39, 0.29) is 28.6 Å². The Bertz CT molecular complexity index is 987. The summed E-state index contributed by atoms with van der Waals surface area (Å²) in [6.45, 7) is 6.11. The van der Waals surface area contributed by atoms with Crippen molar-refractivity contribution in [3.63, 3.8) is 0 Å². The molecule has 1 saturated heterocycles. The average Bonchev–Trinajstić information content (AvgIpc) is 3.23. The lowest BCUT2D eigenvalue weighted by Crippen LogP contribution is -2.23. The highest BCUT2D eigenvalue weighted by Crippen LogP contribution is 2.31. The van der Waals surface area contributed by atoms with Gasteiger partial charge in [0, 0.05) is 18.7 Å². The number of thioether (sulfide) groups is 1. The van der Waals surface area contributed by atoms with Gasteiger partial charge < -0.3 is 9.88 Å². The maximum atomic E-state index is 12.8. The van der Waals surface area contributed by atoms with Gasteiger partial charge in [-0.1, -0.05) is 43.8 Å². The van der Waals surface area contributed by atoms with Gasteiger partial charge in [-0.2, -0.15) is 0 Å². The lowest BCUT2D eigenvalue weighted by atomic mass is 9.97. The maximum absolute atomic E-state index is 12.8. The van der Waals surface area contributed by atoms with Crippen molar-refractivity contribution in [2.24, 2.45) is 7.05 Å². The number of sulfone groups is 1. The van der Waals surface area contributed by atoms with Crippen LogP contribution in [0.2, 0.25) is 0 Å². The number of nitrogens with zero attached hydrogens (tertiary/aromatic N) is 3. The molecule has 1 aromatic heterocycles. The van der Waals surface area contributed by atoms with E-state index in [0.29, 0.717) is 23.3 Å². The SMILES string of the molecule is CCC(C)c1ccccc1NC(=O)C(C)Sc1nnc(C2CCS(=O)(=O)C2)n1C. The topological polar surface area (TPSA) is 94.0 Å². The maximum Gasteiger partial charge on any atom is 0.237 e. The highest BCUT2D eigenvalue weighted by molar-refractivity contribution is 8.00. The summed E-state index contributed by atoms with van der Waals surface area (Å²) in [7, 11) is -1.16. The van der Waals surface area contributed by atoms with E-state index in [1.807, 2.05) is 42.8 Å². The van der Waals surface area contributed by atoms with E-state index in [1.165, 1.54) is 11.8 Å². The van der Waals surface area contributed by atoms with Gasteiger partial charge in [0.2, 0.25) is 5.91 Å². The molecular formula is C20H28N4O3S2. The molecule has 0 aliphatic carbocycles. The third kappa shape index (κ3) is 5.01. The Morgan fingerprint density at radius 1 is 1.31 bits per heavy atom. The van der Waals surface area contributed by atoms with Crippen LogP contribution in [0.5, 0.6) is 0 Å². The Labute approximate surface area is 176 Å². The van der Waals surface area contributed by atoms with E-state index in [0.717, 1.165) is 17.7 Å². The van der Waals surface area contributed by atoms with Gasteiger partial charge in [-0.3, -0.25) is 4.79 Å². The summed E-state index contributed by atoms with van der Waals surface area (Å²) in [4.78, 5) is 12.8. The Hall–Kier alpha value is -1.87. The van der Waals surface area contributed by atoms with Crippen LogP contribution in [-0.2, 0) is 21.7 Å². The Balaban J connectivity index is 1.68. The molecule has 0 bridgehead atoms. The highest BCUT2D eigenvalue weighted by atomic mass is 32.2. The summed E-state index contributed by atoms with van der Waals surface area (Å²) in [5.74, 6) is 1.12. The molecule has 3 atom stereocenters. The molecule has 0 spiro atoms. The monoisotopic (exact) mass is 436 g/mol. The molecule has 158 valence electrons. The first-order valence-corrected chi connectivity index (χ1v) is 12.6. The normalized spacial score (nSPS) is 20.3. The molecule has 1 fully saturated rings. The largest absolute Gasteiger partial charge is 0.325 e. The molecule has 2 heterocycles. The van der Waals surface area contributed by atoms with Gasteiger partial charge in [0.15, 0.2) is 15.0 Å². The number of hydrogen-bond acceptors (Lipinski definition) is 6. The zero-order chi connectivity index (χ0) is 21.2. The summed E-state index contributed by atoms with van der Waals surface area (Å²) in [5, 5.41) is 11.7. The van der Waals surface area contributed by atoms with Crippen LogP contribution in [0.15, 0.2) is 29.4 Å². The molecule has 1 aliphatic rings. The van der Waals surface area contributed by atoms with Crippen LogP contribution in [0.3, 0.4) is 0 Å². The number of para-hydroxylation sites is 1. The number of hydrogen-bond donors (Lipinski definition) is 1. The van der Waals surface area contributed by atoms with Crippen LogP contribution in [0.25, 0.3) is 0 Å². The molecule has 2 aromatic rings. The van der Waals surface area contributed by atoms with E-state index >= 15 is 0 Å². The van der Waals surface area contributed by atoms with Crippen LogP contribution >= 0.6 is 11.8 Å². The fraction of sp³-hybridized carbons (Fsp3) is 0.550. The molecule has 1 aromatic carbocycles. The first-order chi connectivity index (χ1) is 13.7. The van der Waals surface area contributed by atoms with Crippen molar-refractivity contribution in [3.8, 4) is 0 Å². The molecule has 1 aliphatic heterocycles. The first-order valence-electron chi connectivity index (χ1n) is 9.88. The van der Waals surface area contributed by atoms with Gasteiger partial charge in [-0.05, 0) is 37.3 Å². The predicted octanol–water partition coefficient (Wildman–Crippen LogP) is 3.35. The van der Waals surface area contributed by atoms with E-state index in [2.05, 4.69) is 29.4 Å². The molecule has 9 heteroatoms. The number of carbonyl (C=O) groups is 1. The predicted molar refractivity (Wildman–Crippen MR) is 116 cm³/mol. The van der Waals surface area contributed by atoms with Gasteiger partial charge >= 0.3 is 0 Å². The number of rotatable bonds is 7. The van der Waals surface area contributed by atoms with E-state index in [1.54, 1.807) is 0 Å². The summed E-state index contributed by atoms with van der Waals surface area (Å²) in [5.41, 5.74) is 1.97. The minimum atomic E-state index is -2.99. The molecule has 7 nitrogen and oxygen atoms in total. The van der Waals surface area contributed by atoms with E-state index in [9.17, 15) is 13.2 Å². The van der Waals surface area contributed by atoms with E-state index in [4.69, 9.17) is 0 Å². The fourth-order valence-electron chi connectivity index (χ4n) is 3.49. The Kier molecular flexibility index (Phi) is 6.68. The fourth-order valence-corrected chi connectivity index (χ4v) is 6.05. The van der Waals surface area contributed by atoms with Crippen LogP contribution in [0.1, 0.15) is 56.8 Å². The minimum absolute atomic E-state index is 0.0984. The molecule has 0 saturated carbocycles. The van der Waals surface area contributed by atoms with Crippen LogP contribution in [-0.4, -0.2) is 45.8 Å². The van der Waals surface area contributed by atoms with Gasteiger partial charge in [0.25, 0.3) is 0 Å². The zero-order valence-corrected chi connectivity index (χ0v) is 18.9. The number of aromatic nitrogens is 3. The summed E-state index contributed by atoms with van der Waals surface area (Å²) >= 11 is 1.32. The smallest absolute Gasteiger partial charge is 0.237 e. The summed E-state index contributed by atoms with van der Waals surface area (Å²) < 4.78 is 25.3. The van der Waals surface area contributed by atoms with Crippen LogP contribution in [0.4, 0.5) is 5.69 Å². The molecule has 29 heavy (non-hydrogen) atoms.